The SMILES string of the molecule is Clc1nc(SCc2ccccc2)c2cn[nH]c2n1. The zero-order valence-electron chi connectivity index (χ0n) is 9.30. The van der Waals surface area contributed by atoms with Crippen LogP contribution in [0.2, 0.25) is 5.28 Å². The maximum absolute atomic E-state index is 5.88. The molecule has 0 aliphatic heterocycles. The molecule has 3 rings (SSSR count). The van der Waals surface area contributed by atoms with E-state index < -0.39 is 0 Å². The minimum Gasteiger partial charge on any atom is -0.261 e. The van der Waals surface area contributed by atoms with E-state index in [0.29, 0.717) is 5.65 Å². The van der Waals surface area contributed by atoms with Crippen molar-refractivity contribution in [3.8, 4) is 0 Å². The lowest BCUT2D eigenvalue weighted by Gasteiger charge is -2.02. The maximum Gasteiger partial charge on any atom is 0.225 e. The summed E-state index contributed by atoms with van der Waals surface area (Å²) in [7, 11) is 0. The number of H-pyrrole nitrogens is 1. The fourth-order valence-electron chi connectivity index (χ4n) is 1.62. The molecule has 0 fully saturated rings. The van der Waals surface area contributed by atoms with Crippen molar-refractivity contribution in [2.75, 3.05) is 0 Å². The summed E-state index contributed by atoms with van der Waals surface area (Å²) in [6.07, 6.45) is 1.72. The molecule has 0 radical (unpaired) electrons. The van der Waals surface area contributed by atoms with Gasteiger partial charge in [-0.3, -0.25) is 5.10 Å². The highest BCUT2D eigenvalue weighted by atomic mass is 35.5. The summed E-state index contributed by atoms with van der Waals surface area (Å²) in [6.45, 7) is 0. The summed E-state index contributed by atoms with van der Waals surface area (Å²) in [5, 5.41) is 8.75. The number of halogens is 1. The minimum atomic E-state index is 0.238. The Bertz CT molecular complexity index is 668. The molecule has 3 aromatic rings. The summed E-state index contributed by atoms with van der Waals surface area (Å²) in [4.78, 5) is 8.32. The first-order valence-corrected chi connectivity index (χ1v) is 6.72. The molecular formula is C12H9ClN4S. The molecule has 0 spiro atoms. The summed E-state index contributed by atoms with van der Waals surface area (Å²) in [5.41, 5.74) is 1.92. The molecular weight excluding hydrogens is 268 g/mol. The molecule has 0 aliphatic carbocycles. The van der Waals surface area contributed by atoms with Gasteiger partial charge in [0.25, 0.3) is 0 Å². The normalized spacial score (nSPS) is 10.9. The zero-order valence-corrected chi connectivity index (χ0v) is 10.9. The second-order valence-electron chi connectivity index (χ2n) is 3.70. The van der Waals surface area contributed by atoms with Crippen molar-refractivity contribution in [1.82, 2.24) is 20.2 Å². The van der Waals surface area contributed by atoms with Gasteiger partial charge in [-0.1, -0.05) is 30.3 Å². The first-order valence-electron chi connectivity index (χ1n) is 5.36. The van der Waals surface area contributed by atoms with Crippen LogP contribution in [-0.4, -0.2) is 20.2 Å². The zero-order chi connectivity index (χ0) is 12.4. The largest absolute Gasteiger partial charge is 0.261 e. The molecule has 2 heterocycles. The van der Waals surface area contributed by atoms with Gasteiger partial charge in [0.15, 0.2) is 5.65 Å². The lowest BCUT2D eigenvalue weighted by atomic mass is 10.2. The number of aromatic nitrogens is 4. The van der Waals surface area contributed by atoms with E-state index in [0.717, 1.165) is 16.2 Å². The van der Waals surface area contributed by atoms with Crippen LogP contribution < -0.4 is 0 Å². The van der Waals surface area contributed by atoms with E-state index >= 15 is 0 Å². The molecule has 1 aromatic carbocycles. The minimum absolute atomic E-state index is 0.238. The average molecular weight is 277 g/mol. The lowest BCUT2D eigenvalue weighted by molar-refractivity contribution is 1.07. The molecule has 1 N–H and O–H groups in total. The van der Waals surface area contributed by atoms with Gasteiger partial charge in [0.1, 0.15) is 5.03 Å². The number of thioether (sulfide) groups is 1. The first kappa shape index (κ1) is 11.5. The molecule has 90 valence electrons. The summed E-state index contributed by atoms with van der Waals surface area (Å²) in [6, 6.07) is 10.2. The first-order chi connectivity index (χ1) is 8.83. The van der Waals surface area contributed by atoms with Crippen LogP contribution in [0.4, 0.5) is 0 Å². The number of nitrogens with zero attached hydrogens (tertiary/aromatic N) is 3. The Morgan fingerprint density at radius 1 is 1.17 bits per heavy atom. The fourth-order valence-corrected chi connectivity index (χ4v) is 2.79. The predicted molar refractivity (Wildman–Crippen MR) is 72.7 cm³/mol. The molecule has 6 heteroatoms. The van der Waals surface area contributed by atoms with Crippen molar-refractivity contribution in [3.63, 3.8) is 0 Å². The average Bonchev–Trinajstić information content (AvgIpc) is 2.85. The number of fused-ring (bicyclic) bond motifs is 1. The van der Waals surface area contributed by atoms with E-state index in [1.807, 2.05) is 18.2 Å². The van der Waals surface area contributed by atoms with Gasteiger partial charge in [-0.25, -0.2) is 4.98 Å². The van der Waals surface area contributed by atoms with E-state index in [2.05, 4.69) is 32.3 Å². The third-order valence-electron chi connectivity index (χ3n) is 2.47. The van der Waals surface area contributed by atoms with E-state index in [1.54, 1.807) is 18.0 Å². The van der Waals surface area contributed by atoms with Gasteiger partial charge < -0.3 is 0 Å². The Morgan fingerprint density at radius 2 is 2.00 bits per heavy atom. The van der Waals surface area contributed by atoms with Crippen LogP contribution >= 0.6 is 23.4 Å². The topological polar surface area (TPSA) is 54.5 Å². The van der Waals surface area contributed by atoms with Gasteiger partial charge in [-0.2, -0.15) is 10.1 Å². The Kier molecular flexibility index (Phi) is 3.17. The fraction of sp³-hybridized carbons (Fsp3) is 0.0833. The van der Waals surface area contributed by atoms with Crippen LogP contribution in [0.15, 0.2) is 41.6 Å². The van der Waals surface area contributed by atoms with Crippen molar-refractivity contribution >= 4 is 34.4 Å². The van der Waals surface area contributed by atoms with Crippen LogP contribution in [0.25, 0.3) is 11.0 Å². The standard InChI is InChI=1S/C12H9ClN4S/c13-12-15-10-9(6-14-17-10)11(16-12)18-7-8-4-2-1-3-5-8/h1-6H,7H2,(H,14,15,16,17). The number of aromatic amines is 1. The number of hydrogen-bond acceptors (Lipinski definition) is 4. The second kappa shape index (κ2) is 4.96. The van der Waals surface area contributed by atoms with Crippen molar-refractivity contribution < 1.29 is 0 Å². The molecule has 0 atom stereocenters. The van der Waals surface area contributed by atoms with Gasteiger partial charge in [-0.05, 0) is 17.2 Å². The summed E-state index contributed by atoms with van der Waals surface area (Å²) < 4.78 is 0. The third kappa shape index (κ3) is 2.32. The van der Waals surface area contributed by atoms with E-state index in [1.165, 1.54) is 5.56 Å². The monoisotopic (exact) mass is 276 g/mol. The van der Waals surface area contributed by atoms with Gasteiger partial charge >= 0.3 is 0 Å². The second-order valence-corrected chi connectivity index (χ2v) is 5.01. The number of nitrogens with one attached hydrogen (secondary N) is 1. The van der Waals surface area contributed by atoms with Crippen molar-refractivity contribution in [2.24, 2.45) is 0 Å². The molecule has 0 aliphatic rings. The highest BCUT2D eigenvalue weighted by Gasteiger charge is 2.08. The van der Waals surface area contributed by atoms with E-state index in [9.17, 15) is 0 Å². The maximum atomic E-state index is 5.88. The van der Waals surface area contributed by atoms with Gasteiger partial charge in [-0.15, -0.1) is 11.8 Å². The van der Waals surface area contributed by atoms with Crippen molar-refractivity contribution in [1.29, 1.82) is 0 Å². The molecule has 2 aromatic heterocycles. The lowest BCUT2D eigenvalue weighted by Crippen LogP contribution is -1.88. The van der Waals surface area contributed by atoms with Crippen LogP contribution in [0.1, 0.15) is 5.56 Å². The Balaban J connectivity index is 1.88. The Morgan fingerprint density at radius 3 is 2.83 bits per heavy atom. The van der Waals surface area contributed by atoms with Crippen LogP contribution in [0.5, 0.6) is 0 Å². The quantitative estimate of drug-likeness (QED) is 0.453. The summed E-state index contributed by atoms with van der Waals surface area (Å²) in [5.74, 6) is 0.842. The van der Waals surface area contributed by atoms with Crippen molar-refractivity contribution in [2.45, 2.75) is 10.8 Å². The van der Waals surface area contributed by atoms with Crippen LogP contribution in [-0.2, 0) is 5.75 Å². The molecule has 4 nitrogen and oxygen atoms in total. The Labute approximate surface area is 113 Å². The molecule has 0 saturated carbocycles. The van der Waals surface area contributed by atoms with E-state index in [-0.39, 0.29) is 5.28 Å². The van der Waals surface area contributed by atoms with Crippen LogP contribution in [0, 0.1) is 0 Å². The third-order valence-corrected chi connectivity index (χ3v) is 3.70. The molecule has 0 saturated heterocycles. The highest BCUT2D eigenvalue weighted by Crippen LogP contribution is 2.27. The number of hydrogen-bond donors (Lipinski definition) is 1. The molecule has 0 amide bonds. The predicted octanol–water partition coefficient (Wildman–Crippen LogP) is 3.30. The Hall–Kier alpha value is -1.59. The molecule has 0 bridgehead atoms. The highest BCUT2D eigenvalue weighted by molar-refractivity contribution is 7.98. The van der Waals surface area contributed by atoms with Crippen LogP contribution in [0.3, 0.4) is 0 Å². The van der Waals surface area contributed by atoms with Gasteiger partial charge in [0.2, 0.25) is 5.28 Å². The van der Waals surface area contributed by atoms with Gasteiger partial charge in [0, 0.05) is 5.75 Å². The number of benzene rings is 1. The van der Waals surface area contributed by atoms with Crippen molar-refractivity contribution in [3.05, 3.63) is 47.4 Å². The summed E-state index contributed by atoms with van der Waals surface area (Å²) >= 11 is 7.51. The molecule has 18 heavy (non-hydrogen) atoms. The molecule has 0 unspecified atom stereocenters. The van der Waals surface area contributed by atoms with Gasteiger partial charge in [0.05, 0.1) is 11.6 Å². The van der Waals surface area contributed by atoms with E-state index in [4.69, 9.17) is 11.6 Å². The number of rotatable bonds is 3. The smallest absolute Gasteiger partial charge is 0.225 e.